The van der Waals surface area contributed by atoms with Crippen molar-refractivity contribution in [1.82, 2.24) is 9.13 Å². The highest BCUT2D eigenvalue weighted by molar-refractivity contribution is 5.92. The molecule has 37 heavy (non-hydrogen) atoms. The van der Waals surface area contributed by atoms with Gasteiger partial charge in [-0.15, -0.1) is 0 Å². The number of aryl methyl sites for hydroxylation is 4. The van der Waals surface area contributed by atoms with Gasteiger partial charge in [0.2, 0.25) is 0 Å². The van der Waals surface area contributed by atoms with Crippen molar-refractivity contribution in [3.05, 3.63) is 132 Å². The number of para-hydroxylation sites is 2. The van der Waals surface area contributed by atoms with Crippen LogP contribution in [0.15, 0.2) is 109 Å². The van der Waals surface area contributed by atoms with Crippen molar-refractivity contribution in [2.75, 3.05) is 0 Å². The van der Waals surface area contributed by atoms with E-state index in [9.17, 15) is 0 Å². The van der Waals surface area contributed by atoms with Gasteiger partial charge in [-0.25, -0.2) is 0 Å². The normalized spacial score (nSPS) is 13.0. The largest absolute Gasteiger partial charge is 0.343 e. The summed E-state index contributed by atoms with van der Waals surface area (Å²) in [6.45, 7) is 17.4. The maximum atomic E-state index is 4.34. The molecule has 0 aliphatic heterocycles. The van der Waals surface area contributed by atoms with E-state index in [1.807, 2.05) is 0 Å². The van der Waals surface area contributed by atoms with Gasteiger partial charge in [-0.3, -0.25) is 0 Å². The van der Waals surface area contributed by atoms with E-state index in [1.165, 1.54) is 55.5 Å². The summed E-state index contributed by atoms with van der Waals surface area (Å²) in [4.78, 5) is 0. The predicted octanol–water partition coefficient (Wildman–Crippen LogP) is 9.41. The molecule has 0 aliphatic rings. The molecule has 0 saturated carbocycles. The van der Waals surface area contributed by atoms with Gasteiger partial charge in [0.1, 0.15) is 0 Å². The Labute approximate surface area is 221 Å². The smallest absolute Gasteiger partial charge is 0.0512 e. The second-order valence-corrected chi connectivity index (χ2v) is 10.1. The lowest BCUT2D eigenvalue weighted by Gasteiger charge is -2.06. The molecule has 0 fully saturated rings. The highest BCUT2D eigenvalue weighted by atomic mass is 15.0. The average Bonchev–Trinajstić information content (AvgIpc) is 3.28. The fraction of sp³-hybridized carbons (Fsp3) is 0.200. The fourth-order valence-corrected chi connectivity index (χ4v) is 5.45. The lowest BCUT2D eigenvalue weighted by molar-refractivity contribution is 0.944. The number of benzene rings is 2. The number of fused-ring (bicyclic) bond motifs is 2. The highest BCUT2D eigenvalue weighted by Crippen LogP contribution is 2.30. The quantitative estimate of drug-likeness (QED) is 0.220. The summed E-state index contributed by atoms with van der Waals surface area (Å²) in [5, 5.41) is 2.57. The highest BCUT2D eigenvalue weighted by Gasteiger charge is 2.13. The zero-order chi connectivity index (χ0) is 26.7. The van der Waals surface area contributed by atoms with E-state index >= 15 is 0 Å². The topological polar surface area (TPSA) is 9.86 Å². The lowest BCUT2D eigenvalue weighted by Crippen LogP contribution is -1.94. The van der Waals surface area contributed by atoms with Crippen molar-refractivity contribution in [1.29, 1.82) is 0 Å². The molecule has 2 heterocycles. The zero-order valence-corrected chi connectivity index (χ0v) is 23.1. The summed E-state index contributed by atoms with van der Waals surface area (Å²) >= 11 is 0. The van der Waals surface area contributed by atoms with E-state index in [0.29, 0.717) is 0 Å². The van der Waals surface area contributed by atoms with Crippen LogP contribution in [0, 0.1) is 13.8 Å². The van der Waals surface area contributed by atoms with Crippen molar-refractivity contribution in [2.24, 2.45) is 14.1 Å². The maximum Gasteiger partial charge on any atom is 0.0512 e. The van der Waals surface area contributed by atoms with Gasteiger partial charge in [0.15, 0.2) is 0 Å². The fourth-order valence-electron chi connectivity index (χ4n) is 5.45. The summed E-state index contributed by atoms with van der Waals surface area (Å²) in [5.41, 5.74) is 12.1. The Balaban J connectivity index is 1.40. The molecule has 2 nitrogen and oxygen atoms in total. The summed E-state index contributed by atoms with van der Waals surface area (Å²) in [5.74, 6) is 0. The van der Waals surface area contributed by atoms with Crippen molar-refractivity contribution < 1.29 is 0 Å². The van der Waals surface area contributed by atoms with Gasteiger partial charge in [-0.2, -0.15) is 0 Å². The Kier molecular flexibility index (Phi) is 7.69. The average molecular weight is 487 g/mol. The first-order chi connectivity index (χ1) is 17.7. The zero-order valence-electron chi connectivity index (χ0n) is 23.1. The molecule has 0 aliphatic carbocycles. The van der Waals surface area contributed by atoms with E-state index in [-0.39, 0.29) is 0 Å². The molecule has 2 aromatic carbocycles. The van der Waals surface area contributed by atoms with Crippen LogP contribution in [0.2, 0.25) is 0 Å². The minimum atomic E-state index is 0.924. The van der Waals surface area contributed by atoms with Gasteiger partial charge in [0.05, 0.1) is 11.4 Å². The summed E-state index contributed by atoms with van der Waals surface area (Å²) < 4.78 is 4.47. The van der Waals surface area contributed by atoms with Crippen LogP contribution in [0.25, 0.3) is 33.0 Å². The Morgan fingerprint density at radius 1 is 0.676 bits per heavy atom. The molecule has 0 atom stereocenters. The van der Waals surface area contributed by atoms with E-state index in [4.69, 9.17) is 0 Å². The summed E-state index contributed by atoms with van der Waals surface area (Å²) in [6.07, 6.45) is 13.7. The molecule has 0 amide bonds. The molecule has 4 aromatic rings. The minimum Gasteiger partial charge on any atom is -0.343 e. The van der Waals surface area contributed by atoms with E-state index < -0.39 is 0 Å². The Hall–Kier alpha value is -4.04. The van der Waals surface area contributed by atoms with Gasteiger partial charge >= 0.3 is 0 Å². The molecular weight excluding hydrogens is 448 g/mol. The molecule has 0 saturated heterocycles. The molecule has 0 N–H and O–H groups in total. The number of hydrogen-bond acceptors (Lipinski definition) is 0. The van der Waals surface area contributed by atoms with Gasteiger partial charge in [0, 0.05) is 35.9 Å². The van der Waals surface area contributed by atoms with Crippen molar-refractivity contribution in [3.63, 3.8) is 0 Å². The van der Waals surface area contributed by atoms with Crippen molar-refractivity contribution in [2.45, 2.75) is 34.1 Å². The third kappa shape index (κ3) is 5.24. The third-order valence-electron chi connectivity index (χ3n) is 7.24. The molecule has 4 rings (SSSR count). The van der Waals surface area contributed by atoms with Gasteiger partial charge in [-0.05, 0) is 68.5 Å². The lowest BCUT2D eigenvalue weighted by atomic mass is 10.0. The second-order valence-electron chi connectivity index (χ2n) is 10.1. The Morgan fingerprint density at radius 2 is 1.05 bits per heavy atom. The second kappa shape index (κ2) is 10.9. The van der Waals surface area contributed by atoms with Crippen LogP contribution in [0.1, 0.15) is 42.8 Å². The van der Waals surface area contributed by atoms with Crippen LogP contribution in [-0.4, -0.2) is 9.13 Å². The SMILES string of the molecule is C=C(/C=C\C=C(/C)C/C(C)=C/C=C\C(=C)c1c(C)c2ccccc2n1C)c1c(C)c2ccccc2n1C. The van der Waals surface area contributed by atoms with Gasteiger partial charge < -0.3 is 9.13 Å². The minimum absolute atomic E-state index is 0.924. The predicted molar refractivity (Wildman–Crippen MR) is 164 cm³/mol. The number of allylic oxidation sites excluding steroid dienone is 10. The molecule has 2 heteroatoms. The molecule has 2 aromatic heterocycles. The first kappa shape index (κ1) is 26.0. The molecule has 188 valence electrons. The molecule has 0 spiro atoms. The first-order valence-electron chi connectivity index (χ1n) is 12.8. The number of hydrogen-bond donors (Lipinski definition) is 0. The molecule has 0 unspecified atom stereocenters. The standard InChI is InChI=1S/C35H38N2/c1-24(15-13-17-26(3)34-28(5)30-19-9-11-21-32(30)36(34)7)23-25(2)16-14-18-27(4)35-29(6)31-20-10-12-22-33(31)37(35)8/h9-22H,3-4,23H2,1-2,5-8H3/b17-13-,18-14-,24-15+,25-16+. The number of rotatable bonds is 8. The van der Waals surface area contributed by atoms with Gasteiger partial charge in [0.25, 0.3) is 0 Å². The first-order valence-corrected chi connectivity index (χ1v) is 12.8. The van der Waals surface area contributed by atoms with Crippen LogP contribution in [0.4, 0.5) is 0 Å². The van der Waals surface area contributed by atoms with Gasteiger partial charge in [-0.1, -0.05) is 97.2 Å². The van der Waals surface area contributed by atoms with Crippen LogP contribution >= 0.6 is 0 Å². The molecule has 0 bridgehead atoms. The van der Waals surface area contributed by atoms with E-state index in [2.05, 4.69) is 149 Å². The van der Waals surface area contributed by atoms with Crippen LogP contribution in [0.3, 0.4) is 0 Å². The summed E-state index contributed by atoms with van der Waals surface area (Å²) in [7, 11) is 4.23. The monoisotopic (exact) mass is 486 g/mol. The van der Waals surface area contributed by atoms with Crippen LogP contribution in [-0.2, 0) is 14.1 Å². The van der Waals surface area contributed by atoms with Crippen LogP contribution < -0.4 is 0 Å². The third-order valence-corrected chi connectivity index (χ3v) is 7.24. The summed E-state index contributed by atoms with van der Waals surface area (Å²) in [6, 6.07) is 17.0. The molecular formula is C35H38N2. The van der Waals surface area contributed by atoms with E-state index in [1.54, 1.807) is 0 Å². The Morgan fingerprint density at radius 3 is 1.43 bits per heavy atom. The Bertz CT molecular complexity index is 1420. The maximum absolute atomic E-state index is 4.34. The van der Waals surface area contributed by atoms with Crippen molar-refractivity contribution >= 4 is 33.0 Å². The number of nitrogens with zero attached hydrogens (tertiary/aromatic N) is 2. The van der Waals surface area contributed by atoms with E-state index in [0.717, 1.165) is 17.6 Å². The van der Waals surface area contributed by atoms with Crippen LogP contribution in [0.5, 0.6) is 0 Å². The van der Waals surface area contributed by atoms with Crippen molar-refractivity contribution in [3.8, 4) is 0 Å². The number of aromatic nitrogens is 2. The molecule has 0 radical (unpaired) electrons.